The lowest BCUT2D eigenvalue weighted by Crippen LogP contribution is -2.33. The topological polar surface area (TPSA) is 142 Å². The van der Waals surface area contributed by atoms with Gasteiger partial charge in [-0.2, -0.15) is 4.98 Å². The Morgan fingerprint density at radius 1 is 1.00 bits per heavy atom. The molecular weight excluding hydrogens is 506 g/mol. The van der Waals surface area contributed by atoms with Crippen molar-refractivity contribution >= 4 is 58.0 Å². The quantitative estimate of drug-likeness (QED) is 0.172. The van der Waals surface area contributed by atoms with E-state index in [-0.39, 0.29) is 28.3 Å². The van der Waals surface area contributed by atoms with E-state index < -0.39 is 11.7 Å². The van der Waals surface area contributed by atoms with Gasteiger partial charge in [-0.3, -0.25) is 19.3 Å². The van der Waals surface area contributed by atoms with Gasteiger partial charge in [0.05, 0.1) is 17.4 Å². The van der Waals surface area contributed by atoms with Crippen LogP contribution in [0.3, 0.4) is 0 Å². The number of benzene rings is 2. The number of ketones is 1. The van der Waals surface area contributed by atoms with Crippen LogP contribution in [-0.4, -0.2) is 52.1 Å². The highest BCUT2D eigenvalue weighted by Gasteiger charge is 2.18. The lowest BCUT2D eigenvalue weighted by molar-refractivity contribution is -0.114. The number of primary amides is 1. The normalized spacial score (nSPS) is 13.4. The molecular formula is C27H28ClN7O3. The summed E-state index contributed by atoms with van der Waals surface area (Å²) in [5.41, 5.74) is 7.30. The molecule has 1 aliphatic heterocycles. The number of halogens is 1. The summed E-state index contributed by atoms with van der Waals surface area (Å²) >= 11 is 6.27. The maximum absolute atomic E-state index is 12.7. The Morgan fingerprint density at radius 2 is 1.74 bits per heavy atom. The van der Waals surface area contributed by atoms with E-state index in [0.717, 1.165) is 25.9 Å². The lowest BCUT2D eigenvalue weighted by Gasteiger charge is -2.26. The van der Waals surface area contributed by atoms with Crippen LogP contribution in [0.25, 0.3) is 0 Å². The minimum absolute atomic E-state index is 0.0921. The molecule has 1 aromatic heterocycles. The SMILES string of the molecule is C=C(CN1CCCCC1)C(=O)Nc1cccc(Nc2ncc(Cl)c(Nc3ccccc3C(=O)C(N)=O)n2)c1. The van der Waals surface area contributed by atoms with Crippen LogP contribution in [-0.2, 0) is 9.59 Å². The van der Waals surface area contributed by atoms with Crippen LogP contribution < -0.4 is 21.7 Å². The van der Waals surface area contributed by atoms with Crippen LogP contribution in [0, 0.1) is 0 Å². The number of hydrogen-bond acceptors (Lipinski definition) is 8. The number of nitrogens with zero attached hydrogens (tertiary/aromatic N) is 3. The van der Waals surface area contributed by atoms with Gasteiger partial charge < -0.3 is 21.7 Å². The predicted molar refractivity (Wildman–Crippen MR) is 148 cm³/mol. The van der Waals surface area contributed by atoms with E-state index in [1.165, 1.54) is 18.7 Å². The highest BCUT2D eigenvalue weighted by molar-refractivity contribution is 6.43. The number of hydrogen-bond donors (Lipinski definition) is 4. The number of carbonyl (C=O) groups excluding carboxylic acids is 3. The molecule has 0 aliphatic carbocycles. The van der Waals surface area contributed by atoms with Crippen LogP contribution in [0.5, 0.6) is 0 Å². The average molecular weight is 534 g/mol. The van der Waals surface area contributed by atoms with E-state index in [1.54, 1.807) is 42.5 Å². The summed E-state index contributed by atoms with van der Waals surface area (Å²) in [6, 6.07) is 13.5. The molecule has 1 saturated heterocycles. The first-order valence-electron chi connectivity index (χ1n) is 12.1. The van der Waals surface area contributed by atoms with Crippen molar-refractivity contribution < 1.29 is 14.4 Å². The lowest BCUT2D eigenvalue weighted by atomic mass is 10.1. The molecule has 2 heterocycles. The van der Waals surface area contributed by atoms with Crippen molar-refractivity contribution in [3.8, 4) is 0 Å². The van der Waals surface area contributed by atoms with Crippen molar-refractivity contribution in [2.45, 2.75) is 19.3 Å². The fourth-order valence-corrected chi connectivity index (χ4v) is 4.19. The zero-order valence-electron chi connectivity index (χ0n) is 20.7. The van der Waals surface area contributed by atoms with E-state index >= 15 is 0 Å². The van der Waals surface area contributed by atoms with Crippen molar-refractivity contribution in [3.63, 3.8) is 0 Å². The van der Waals surface area contributed by atoms with Crippen LogP contribution in [0.1, 0.15) is 29.6 Å². The van der Waals surface area contributed by atoms with E-state index in [4.69, 9.17) is 17.3 Å². The highest BCUT2D eigenvalue weighted by Crippen LogP contribution is 2.27. The molecule has 4 rings (SSSR count). The number of carbonyl (C=O) groups is 3. The van der Waals surface area contributed by atoms with Gasteiger partial charge in [0.2, 0.25) is 5.95 Å². The molecule has 0 unspecified atom stereocenters. The minimum atomic E-state index is -1.07. The number of likely N-dealkylation sites (tertiary alicyclic amines) is 1. The molecule has 5 N–H and O–H groups in total. The number of rotatable bonds is 10. The molecule has 196 valence electrons. The van der Waals surface area contributed by atoms with Gasteiger partial charge in [-0.1, -0.05) is 42.8 Å². The fraction of sp³-hybridized carbons (Fsp3) is 0.222. The Morgan fingerprint density at radius 3 is 2.50 bits per heavy atom. The molecule has 38 heavy (non-hydrogen) atoms. The summed E-state index contributed by atoms with van der Waals surface area (Å²) in [7, 11) is 0. The van der Waals surface area contributed by atoms with Gasteiger partial charge in [-0.15, -0.1) is 0 Å². The molecule has 2 aromatic carbocycles. The number of para-hydroxylation sites is 1. The second-order valence-electron chi connectivity index (χ2n) is 8.85. The van der Waals surface area contributed by atoms with Crippen molar-refractivity contribution in [1.82, 2.24) is 14.9 Å². The third-order valence-electron chi connectivity index (χ3n) is 5.95. The number of aromatic nitrogens is 2. The average Bonchev–Trinajstić information content (AvgIpc) is 2.91. The van der Waals surface area contributed by atoms with E-state index in [9.17, 15) is 14.4 Å². The molecule has 2 amide bonds. The van der Waals surface area contributed by atoms with Gasteiger partial charge in [0.1, 0.15) is 5.02 Å². The van der Waals surface area contributed by atoms with Gasteiger partial charge >= 0.3 is 0 Å². The fourth-order valence-electron chi connectivity index (χ4n) is 4.05. The molecule has 3 aromatic rings. The van der Waals surface area contributed by atoms with Gasteiger partial charge in [0.15, 0.2) is 5.82 Å². The third-order valence-corrected chi connectivity index (χ3v) is 6.23. The molecule has 0 radical (unpaired) electrons. The maximum atomic E-state index is 12.7. The summed E-state index contributed by atoms with van der Waals surface area (Å²) < 4.78 is 0. The molecule has 0 saturated carbocycles. The molecule has 0 atom stereocenters. The number of nitrogens with two attached hydrogens (primary N) is 1. The largest absolute Gasteiger partial charge is 0.363 e. The zero-order chi connectivity index (χ0) is 27.1. The third kappa shape index (κ3) is 6.93. The second kappa shape index (κ2) is 12.3. The van der Waals surface area contributed by atoms with Crippen LogP contribution in [0.4, 0.5) is 28.8 Å². The van der Waals surface area contributed by atoms with Crippen molar-refractivity contribution in [3.05, 3.63) is 77.5 Å². The summed E-state index contributed by atoms with van der Waals surface area (Å²) in [6.45, 7) is 6.47. The monoisotopic (exact) mass is 533 g/mol. The molecule has 1 aliphatic rings. The standard InChI is InChI=1S/C27H28ClN7O3/c1-17(16-35-12-5-2-6-13-35)26(38)31-18-8-7-9-19(14-18)32-27-30-15-21(28)25(34-27)33-22-11-4-3-10-20(22)23(36)24(29)37/h3-4,7-11,14-15H,1-2,5-6,12-13,16H2,(H2,29,37)(H,31,38)(H2,30,32,33,34). The molecule has 1 fully saturated rings. The van der Waals surface area contributed by atoms with E-state index in [1.807, 2.05) is 0 Å². The highest BCUT2D eigenvalue weighted by atomic mass is 35.5. The van der Waals surface area contributed by atoms with E-state index in [2.05, 4.69) is 37.4 Å². The Hall–Kier alpha value is -4.28. The Balaban J connectivity index is 1.44. The Kier molecular flexibility index (Phi) is 8.67. The molecule has 10 nitrogen and oxygen atoms in total. The number of piperidine rings is 1. The van der Waals surface area contributed by atoms with E-state index in [0.29, 0.717) is 29.2 Å². The smallest absolute Gasteiger partial charge is 0.289 e. The number of nitrogens with one attached hydrogen (secondary N) is 3. The minimum Gasteiger partial charge on any atom is -0.363 e. The van der Waals surface area contributed by atoms with Crippen LogP contribution in [0.15, 0.2) is 66.9 Å². The van der Waals surface area contributed by atoms with Gasteiger partial charge in [-0.25, -0.2) is 4.98 Å². The van der Waals surface area contributed by atoms with Crippen LogP contribution >= 0.6 is 11.6 Å². The molecule has 0 spiro atoms. The second-order valence-corrected chi connectivity index (χ2v) is 9.26. The summed E-state index contributed by atoms with van der Waals surface area (Å²) in [5, 5.41) is 9.13. The number of amides is 2. The number of Topliss-reactive ketones (excluding diaryl/α,β-unsaturated/α-hetero) is 1. The van der Waals surface area contributed by atoms with Gasteiger partial charge in [0, 0.05) is 23.5 Å². The summed E-state index contributed by atoms with van der Waals surface area (Å²) in [6.07, 6.45) is 4.91. The first kappa shape index (κ1) is 26.8. The van der Waals surface area contributed by atoms with Crippen molar-refractivity contribution in [2.75, 3.05) is 35.6 Å². The first-order chi connectivity index (χ1) is 18.3. The maximum Gasteiger partial charge on any atom is 0.289 e. The van der Waals surface area contributed by atoms with Gasteiger partial charge in [-0.05, 0) is 56.3 Å². The first-order valence-corrected chi connectivity index (χ1v) is 12.5. The molecule has 11 heteroatoms. The summed E-state index contributed by atoms with van der Waals surface area (Å²) in [5.74, 6) is -1.71. The summed E-state index contributed by atoms with van der Waals surface area (Å²) in [4.78, 5) is 47.1. The Labute approximate surface area is 225 Å². The van der Waals surface area contributed by atoms with Gasteiger partial charge in [0.25, 0.3) is 17.6 Å². The predicted octanol–water partition coefficient (Wildman–Crippen LogP) is 4.27. The zero-order valence-corrected chi connectivity index (χ0v) is 21.4. The Bertz CT molecular complexity index is 1370. The van der Waals surface area contributed by atoms with Crippen molar-refractivity contribution in [2.24, 2.45) is 5.73 Å². The molecule has 0 bridgehead atoms. The van der Waals surface area contributed by atoms with Crippen LogP contribution in [0.2, 0.25) is 5.02 Å². The number of anilines is 5. The van der Waals surface area contributed by atoms with Crippen molar-refractivity contribution in [1.29, 1.82) is 0 Å².